The molecule has 2 heterocycles. The van der Waals surface area contributed by atoms with Crippen molar-refractivity contribution in [3.63, 3.8) is 0 Å². The Morgan fingerprint density at radius 2 is 0.740 bits per heavy atom. The highest BCUT2D eigenvalue weighted by Crippen LogP contribution is 2.80. The highest BCUT2D eigenvalue weighted by molar-refractivity contribution is 8.34. The number of hydrogen-bond donors (Lipinski definition) is 0. The van der Waals surface area contributed by atoms with Crippen LogP contribution in [0.15, 0.2) is 323 Å². The number of para-hydroxylation sites is 2. The first-order valence-corrected chi connectivity index (χ1v) is 28.1. The number of anilines is 3. The number of benzene rings is 13. The maximum absolute atomic E-state index is 2.51. The quantitative estimate of drug-likeness (QED) is 0.140. The van der Waals surface area contributed by atoms with Crippen molar-refractivity contribution >= 4 is 70.4 Å². The smallest absolute Gasteiger partial charge is 0.0562 e. The molecule has 0 N–H and O–H groups in total. The molecule has 1 aliphatic rings. The highest BCUT2D eigenvalue weighted by atomic mass is 32.3. The van der Waals surface area contributed by atoms with Gasteiger partial charge in [0.1, 0.15) is 0 Å². The molecule has 0 fully saturated rings. The zero-order valence-corrected chi connectivity index (χ0v) is 43.0. The molecule has 362 valence electrons. The molecule has 0 amide bonds. The zero-order valence-electron chi connectivity index (χ0n) is 42.2. The predicted octanol–water partition coefficient (Wildman–Crippen LogP) is 20.9. The third kappa shape index (κ3) is 7.12. The summed E-state index contributed by atoms with van der Waals surface area (Å²) in [7, 11) is -1.93. The van der Waals surface area contributed by atoms with E-state index in [4.69, 9.17) is 0 Å². The van der Waals surface area contributed by atoms with Crippen molar-refractivity contribution in [2.45, 2.75) is 19.6 Å². The largest absolute Gasteiger partial charge is 0.310 e. The van der Waals surface area contributed by atoms with Gasteiger partial charge in [-0.05, 0) is 146 Å². The first kappa shape index (κ1) is 44.8. The van der Waals surface area contributed by atoms with Crippen LogP contribution in [0.1, 0.15) is 0 Å². The van der Waals surface area contributed by atoms with E-state index in [1.165, 1.54) is 96.4 Å². The van der Waals surface area contributed by atoms with Gasteiger partial charge in [-0.1, -0.05) is 212 Å². The van der Waals surface area contributed by atoms with Gasteiger partial charge in [-0.25, -0.2) is 0 Å². The molecule has 2 nitrogen and oxygen atoms in total. The number of nitrogens with zero attached hydrogens (tertiary/aromatic N) is 2. The Hall–Kier alpha value is -9.67. The third-order valence-electron chi connectivity index (χ3n) is 15.8. The van der Waals surface area contributed by atoms with E-state index in [2.05, 4.69) is 313 Å². The summed E-state index contributed by atoms with van der Waals surface area (Å²) in [6, 6.07) is 113. The molecule has 77 heavy (non-hydrogen) atoms. The van der Waals surface area contributed by atoms with E-state index in [1.54, 1.807) is 0 Å². The second kappa shape index (κ2) is 18.3. The summed E-state index contributed by atoms with van der Waals surface area (Å²) in [5.41, 5.74) is 16.4. The normalized spacial score (nSPS) is 12.9. The van der Waals surface area contributed by atoms with Crippen LogP contribution in [0.3, 0.4) is 0 Å². The predicted molar refractivity (Wildman–Crippen MR) is 326 cm³/mol. The van der Waals surface area contributed by atoms with Crippen molar-refractivity contribution in [3.8, 4) is 50.2 Å². The van der Waals surface area contributed by atoms with Crippen LogP contribution in [-0.2, 0) is 0 Å². The number of hydrogen-bond acceptors (Lipinski definition) is 1. The molecule has 0 saturated heterocycles. The van der Waals surface area contributed by atoms with Gasteiger partial charge in [0.25, 0.3) is 0 Å². The molecule has 13 aromatic carbocycles. The Balaban J connectivity index is 1.04. The zero-order chi connectivity index (χ0) is 50.9. The third-order valence-corrected chi connectivity index (χ3v) is 19.8. The Bertz CT molecular complexity index is 4370. The molecule has 1 aliphatic heterocycles. The van der Waals surface area contributed by atoms with Crippen molar-refractivity contribution in [1.82, 2.24) is 4.57 Å². The lowest BCUT2D eigenvalue weighted by molar-refractivity contribution is 1.18. The van der Waals surface area contributed by atoms with Crippen LogP contribution in [0.25, 0.3) is 93.5 Å². The van der Waals surface area contributed by atoms with Gasteiger partial charge >= 0.3 is 0 Å². The lowest BCUT2D eigenvalue weighted by Gasteiger charge is -2.39. The van der Waals surface area contributed by atoms with Crippen LogP contribution in [-0.4, -0.2) is 4.57 Å². The first-order chi connectivity index (χ1) is 38.2. The van der Waals surface area contributed by atoms with Gasteiger partial charge < -0.3 is 9.47 Å². The molecule has 14 aromatic rings. The van der Waals surface area contributed by atoms with Crippen molar-refractivity contribution in [1.29, 1.82) is 0 Å². The average Bonchev–Trinajstić information content (AvgIpc) is 4.18. The van der Waals surface area contributed by atoms with Crippen molar-refractivity contribution in [2.24, 2.45) is 0 Å². The number of aromatic nitrogens is 1. The average molecular weight is 999 g/mol. The van der Waals surface area contributed by atoms with Crippen LogP contribution in [0.2, 0.25) is 0 Å². The summed E-state index contributed by atoms with van der Waals surface area (Å²) in [4.78, 5) is 7.89. The van der Waals surface area contributed by atoms with Crippen molar-refractivity contribution < 1.29 is 0 Å². The Labute approximate surface area is 450 Å². The standard InChI is InChI=1S/C74H50N2S/c1-4-25-55(26-5-1)76-69-38-16-14-33-64(69)67-49-68(65-37-20-40-73-74(65)66-34-15-17-39-72(66)77(73,58-27-6-2-7-28-58)59-29-8-3-9-30-59)70(50-71(67)76)75(56-45-41-53(42-46-56)62-35-18-23-51-21-10-12-31-60(51)62)57-47-43-54(44-48-57)63-36-19-24-52-22-11-13-32-61(52)63/h1-50H. The molecule has 0 spiro atoms. The highest BCUT2D eigenvalue weighted by Gasteiger charge is 2.43. The molecule has 15 rings (SSSR count). The topological polar surface area (TPSA) is 8.17 Å². The second-order valence-corrected chi connectivity index (χ2v) is 23.0. The first-order valence-electron chi connectivity index (χ1n) is 26.5. The van der Waals surface area contributed by atoms with E-state index in [9.17, 15) is 0 Å². The number of fused-ring (bicyclic) bond motifs is 8. The van der Waals surface area contributed by atoms with Gasteiger partial charge in [0.05, 0.1) is 16.7 Å². The summed E-state index contributed by atoms with van der Waals surface area (Å²) < 4.78 is 2.45. The van der Waals surface area contributed by atoms with Crippen LogP contribution in [0.4, 0.5) is 17.1 Å². The fourth-order valence-corrected chi connectivity index (χ4v) is 16.7. The van der Waals surface area contributed by atoms with Gasteiger partial charge in [0.15, 0.2) is 0 Å². The Morgan fingerprint density at radius 3 is 1.35 bits per heavy atom. The molecule has 0 aliphatic carbocycles. The van der Waals surface area contributed by atoms with E-state index >= 15 is 0 Å². The maximum atomic E-state index is 2.51. The lowest BCUT2D eigenvalue weighted by Crippen LogP contribution is -2.12. The molecule has 0 saturated carbocycles. The lowest BCUT2D eigenvalue weighted by atomic mass is 9.91. The van der Waals surface area contributed by atoms with Crippen LogP contribution in [0, 0.1) is 0 Å². The van der Waals surface area contributed by atoms with Crippen LogP contribution in [0.5, 0.6) is 0 Å². The molecule has 1 aromatic heterocycles. The number of rotatable bonds is 9. The fraction of sp³-hybridized carbons (Fsp3) is 0. The maximum Gasteiger partial charge on any atom is 0.0562 e. The van der Waals surface area contributed by atoms with Crippen LogP contribution >= 0.6 is 10.0 Å². The molecular weight excluding hydrogens is 949 g/mol. The summed E-state index contributed by atoms with van der Waals surface area (Å²) in [6.07, 6.45) is 0. The minimum atomic E-state index is -1.93. The van der Waals surface area contributed by atoms with Crippen molar-refractivity contribution in [3.05, 3.63) is 303 Å². The van der Waals surface area contributed by atoms with E-state index in [0.717, 1.165) is 33.8 Å². The van der Waals surface area contributed by atoms with Gasteiger partial charge in [0.2, 0.25) is 0 Å². The molecule has 0 bridgehead atoms. The molecular formula is C74H50N2S. The van der Waals surface area contributed by atoms with Gasteiger partial charge in [-0.3, -0.25) is 0 Å². The van der Waals surface area contributed by atoms with Gasteiger partial charge in [-0.2, -0.15) is 0 Å². The van der Waals surface area contributed by atoms with Gasteiger partial charge in [-0.15, -0.1) is 10.0 Å². The molecule has 0 unspecified atom stereocenters. The Morgan fingerprint density at radius 1 is 0.286 bits per heavy atom. The minimum Gasteiger partial charge on any atom is -0.310 e. The van der Waals surface area contributed by atoms with E-state index < -0.39 is 10.0 Å². The summed E-state index contributed by atoms with van der Waals surface area (Å²) in [6.45, 7) is 0. The monoisotopic (exact) mass is 998 g/mol. The summed E-state index contributed by atoms with van der Waals surface area (Å²) in [5, 5.41) is 7.37. The minimum absolute atomic E-state index is 1.07. The van der Waals surface area contributed by atoms with Gasteiger partial charge in [0, 0.05) is 58.5 Å². The van der Waals surface area contributed by atoms with Crippen LogP contribution < -0.4 is 4.90 Å². The van der Waals surface area contributed by atoms with Crippen molar-refractivity contribution in [2.75, 3.05) is 4.90 Å². The molecule has 3 heteroatoms. The molecule has 0 atom stereocenters. The summed E-state index contributed by atoms with van der Waals surface area (Å²) in [5.74, 6) is 0. The second-order valence-electron chi connectivity index (χ2n) is 20.0. The molecule has 0 radical (unpaired) electrons. The van der Waals surface area contributed by atoms with E-state index in [1.807, 2.05) is 0 Å². The Kier molecular flexibility index (Phi) is 10.7. The SMILES string of the molecule is c1ccc(-n2c3ccccc3c3cc(-c4cccc5c4-c4ccccc4S5(c4ccccc4)c4ccccc4)c(N(c4ccc(-c5cccc6ccccc56)cc4)c4ccc(-c5cccc6ccccc56)cc4)cc32)cc1. The summed E-state index contributed by atoms with van der Waals surface area (Å²) >= 11 is 0. The fourth-order valence-electron chi connectivity index (χ4n) is 12.5. The van der Waals surface area contributed by atoms with E-state index in [0.29, 0.717) is 0 Å². The van der Waals surface area contributed by atoms with E-state index in [-0.39, 0.29) is 0 Å².